The normalized spacial score (nSPS) is 16.3. The highest BCUT2D eigenvalue weighted by Gasteiger charge is 2.37. The van der Waals surface area contributed by atoms with Gasteiger partial charge in [-0.15, -0.1) is 5.54 Å². The van der Waals surface area contributed by atoms with Gasteiger partial charge in [-0.25, -0.2) is 0 Å². The Balaban J connectivity index is 1.66. The topological polar surface area (TPSA) is 21.7 Å². The molecule has 0 atom stereocenters. The molecule has 1 fully saturated rings. The predicted molar refractivity (Wildman–Crippen MR) is 125 cm³/mol. The SMILES string of the molecule is CC(C)(C)[Si](C)(C)OCCCN1CC(Oc2ccc(C#C[Si](C)(C)C)cc2)C1. The Kier molecular flexibility index (Phi) is 7.60. The van der Waals surface area contributed by atoms with Crippen LogP contribution in [0.2, 0.25) is 37.8 Å². The molecule has 1 saturated heterocycles. The number of benzene rings is 1. The Morgan fingerprint density at radius 3 is 2.18 bits per heavy atom. The zero-order valence-electron chi connectivity index (χ0n) is 19.2. The molecule has 0 aromatic heterocycles. The van der Waals surface area contributed by atoms with E-state index in [2.05, 4.69) is 82.0 Å². The van der Waals surface area contributed by atoms with Gasteiger partial charge in [-0.3, -0.25) is 4.90 Å². The molecule has 28 heavy (non-hydrogen) atoms. The number of likely N-dealkylation sites (tertiary alicyclic amines) is 1. The molecular formula is C23H39NO2Si2. The summed E-state index contributed by atoms with van der Waals surface area (Å²) < 4.78 is 12.3. The molecule has 0 radical (unpaired) electrons. The van der Waals surface area contributed by atoms with E-state index in [1.807, 2.05) is 12.1 Å². The third-order valence-corrected chi connectivity index (χ3v) is 11.0. The summed E-state index contributed by atoms with van der Waals surface area (Å²) in [5.41, 5.74) is 4.48. The number of hydrogen-bond donors (Lipinski definition) is 0. The number of hydrogen-bond acceptors (Lipinski definition) is 3. The van der Waals surface area contributed by atoms with E-state index in [0.29, 0.717) is 11.1 Å². The van der Waals surface area contributed by atoms with Gasteiger partial charge in [0, 0.05) is 31.8 Å². The number of ether oxygens (including phenoxy) is 1. The summed E-state index contributed by atoms with van der Waals surface area (Å²) in [7, 11) is -2.93. The first-order valence-electron chi connectivity index (χ1n) is 10.5. The summed E-state index contributed by atoms with van der Waals surface area (Å²) in [6, 6.07) is 8.22. The van der Waals surface area contributed by atoms with Gasteiger partial charge in [0.15, 0.2) is 8.32 Å². The van der Waals surface area contributed by atoms with Crippen LogP contribution < -0.4 is 4.74 Å². The molecule has 0 amide bonds. The van der Waals surface area contributed by atoms with E-state index in [-0.39, 0.29) is 0 Å². The van der Waals surface area contributed by atoms with Crippen molar-refractivity contribution in [3.8, 4) is 17.2 Å². The van der Waals surface area contributed by atoms with E-state index in [1.165, 1.54) is 0 Å². The monoisotopic (exact) mass is 417 g/mol. The van der Waals surface area contributed by atoms with Gasteiger partial charge in [0.25, 0.3) is 0 Å². The lowest BCUT2D eigenvalue weighted by molar-refractivity contribution is 0.0170. The molecule has 0 unspecified atom stereocenters. The van der Waals surface area contributed by atoms with Crippen LogP contribution >= 0.6 is 0 Å². The molecule has 1 heterocycles. The standard InChI is InChI=1S/C23H39NO2Si2/c1-23(2,3)28(7,8)25-16-9-15-24-18-22(19-24)26-21-12-10-20(11-13-21)14-17-27(4,5)6/h10-13,22H,9,15-16,18-19H2,1-8H3. The minimum absolute atomic E-state index is 0.290. The molecule has 2 rings (SSSR count). The second kappa shape index (κ2) is 9.17. The molecule has 3 nitrogen and oxygen atoms in total. The van der Waals surface area contributed by atoms with E-state index in [0.717, 1.165) is 44.0 Å². The van der Waals surface area contributed by atoms with Crippen molar-refractivity contribution in [1.82, 2.24) is 4.90 Å². The van der Waals surface area contributed by atoms with Crippen LogP contribution in [-0.4, -0.2) is 53.6 Å². The van der Waals surface area contributed by atoms with Crippen LogP contribution in [0, 0.1) is 11.5 Å². The fraction of sp³-hybridized carbons (Fsp3) is 0.652. The van der Waals surface area contributed by atoms with Crippen LogP contribution in [0.3, 0.4) is 0 Å². The Bertz CT molecular complexity index is 685. The van der Waals surface area contributed by atoms with Crippen LogP contribution in [0.4, 0.5) is 0 Å². The van der Waals surface area contributed by atoms with E-state index in [4.69, 9.17) is 9.16 Å². The summed E-state index contributed by atoms with van der Waals surface area (Å²) >= 11 is 0. The summed E-state index contributed by atoms with van der Waals surface area (Å²) in [4.78, 5) is 2.45. The zero-order chi connectivity index (χ0) is 21.0. The van der Waals surface area contributed by atoms with Crippen LogP contribution in [0.5, 0.6) is 5.75 Å². The second-order valence-electron chi connectivity index (χ2n) is 10.5. The molecule has 0 bridgehead atoms. The van der Waals surface area contributed by atoms with Crippen molar-refractivity contribution in [2.24, 2.45) is 0 Å². The lowest BCUT2D eigenvalue weighted by atomic mass is 10.1. The van der Waals surface area contributed by atoms with E-state index in [9.17, 15) is 0 Å². The molecule has 0 N–H and O–H groups in total. The smallest absolute Gasteiger partial charge is 0.191 e. The van der Waals surface area contributed by atoms with Gasteiger partial charge in [-0.1, -0.05) is 46.3 Å². The average Bonchev–Trinajstić information content (AvgIpc) is 2.53. The average molecular weight is 418 g/mol. The van der Waals surface area contributed by atoms with E-state index in [1.54, 1.807) is 0 Å². The van der Waals surface area contributed by atoms with Gasteiger partial charge in [0.05, 0.1) is 0 Å². The summed E-state index contributed by atoms with van der Waals surface area (Å²) in [6.45, 7) is 22.3. The molecule has 1 aromatic rings. The molecule has 0 aliphatic carbocycles. The summed E-state index contributed by atoms with van der Waals surface area (Å²) in [6.07, 6.45) is 1.41. The minimum Gasteiger partial charge on any atom is -0.488 e. The van der Waals surface area contributed by atoms with Gasteiger partial charge < -0.3 is 9.16 Å². The number of nitrogens with zero attached hydrogens (tertiary/aromatic N) is 1. The van der Waals surface area contributed by atoms with Crippen LogP contribution in [0.15, 0.2) is 24.3 Å². The largest absolute Gasteiger partial charge is 0.488 e. The van der Waals surface area contributed by atoms with Crippen molar-refractivity contribution < 1.29 is 9.16 Å². The van der Waals surface area contributed by atoms with E-state index >= 15 is 0 Å². The Labute approximate surface area is 175 Å². The van der Waals surface area contributed by atoms with Crippen LogP contribution in [-0.2, 0) is 4.43 Å². The molecule has 0 saturated carbocycles. The zero-order valence-corrected chi connectivity index (χ0v) is 21.2. The first kappa shape index (κ1) is 23.2. The predicted octanol–water partition coefficient (Wildman–Crippen LogP) is 5.39. The fourth-order valence-corrected chi connectivity index (χ4v) is 4.29. The third kappa shape index (κ3) is 7.40. The van der Waals surface area contributed by atoms with Gasteiger partial charge in [-0.05, 0) is 48.8 Å². The van der Waals surface area contributed by atoms with Crippen molar-refractivity contribution in [1.29, 1.82) is 0 Å². The Hall–Kier alpha value is -1.07. The van der Waals surface area contributed by atoms with Crippen molar-refractivity contribution >= 4 is 16.4 Å². The first-order valence-corrected chi connectivity index (χ1v) is 16.9. The molecule has 1 aliphatic rings. The summed E-state index contributed by atoms with van der Waals surface area (Å²) in [5.74, 6) is 4.24. The third-order valence-electron chi connectivity index (χ3n) is 5.55. The quantitative estimate of drug-likeness (QED) is 0.337. The number of rotatable bonds is 7. The molecule has 1 aromatic carbocycles. The lowest BCUT2D eigenvalue weighted by Crippen LogP contribution is -2.54. The molecular weight excluding hydrogens is 378 g/mol. The highest BCUT2D eigenvalue weighted by molar-refractivity contribution is 6.83. The molecule has 0 spiro atoms. The highest BCUT2D eigenvalue weighted by atomic mass is 28.4. The van der Waals surface area contributed by atoms with Crippen molar-refractivity contribution in [3.63, 3.8) is 0 Å². The van der Waals surface area contributed by atoms with E-state index < -0.39 is 16.4 Å². The highest BCUT2D eigenvalue weighted by Crippen LogP contribution is 2.36. The molecule has 156 valence electrons. The van der Waals surface area contributed by atoms with Crippen LogP contribution in [0.1, 0.15) is 32.8 Å². The molecule has 5 heteroatoms. The minimum atomic E-state index is -1.61. The fourth-order valence-electron chi connectivity index (χ4n) is 2.68. The van der Waals surface area contributed by atoms with Crippen molar-refractivity contribution in [3.05, 3.63) is 29.8 Å². The van der Waals surface area contributed by atoms with Gasteiger partial charge in [0.2, 0.25) is 0 Å². The van der Waals surface area contributed by atoms with Crippen molar-refractivity contribution in [2.45, 2.75) is 71.1 Å². The van der Waals surface area contributed by atoms with Gasteiger partial charge in [-0.2, -0.15) is 0 Å². The Morgan fingerprint density at radius 2 is 1.64 bits per heavy atom. The van der Waals surface area contributed by atoms with Gasteiger partial charge in [0.1, 0.15) is 19.9 Å². The maximum absolute atomic E-state index is 6.26. The van der Waals surface area contributed by atoms with Crippen molar-refractivity contribution in [2.75, 3.05) is 26.2 Å². The lowest BCUT2D eigenvalue weighted by Gasteiger charge is -2.40. The first-order chi connectivity index (χ1) is 12.9. The summed E-state index contributed by atoms with van der Waals surface area (Å²) in [5, 5.41) is 0.290. The molecule has 1 aliphatic heterocycles. The second-order valence-corrected chi connectivity index (χ2v) is 20.0. The Morgan fingerprint density at radius 1 is 1.04 bits per heavy atom. The maximum Gasteiger partial charge on any atom is 0.191 e. The van der Waals surface area contributed by atoms with Crippen LogP contribution in [0.25, 0.3) is 0 Å². The van der Waals surface area contributed by atoms with Gasteiger partial charge >= 0.3 is 0 Å². The maximum atomic E-state index is 6.26.